The Kier molecular flexibility index (Phi) is 5.51. The average molecular weight is 449 g/mol. The van der Waals surface area contributed by atoms with Crippen LogP contribution in [0.1, 0.15) is 15.9 Å². The van der Waals surface area contributed by atoms with Crippen molar-refractivity contribution in [1.29, 1.82) is 0 Å². The third-order valence-corrected chi connectivity index (χ3v) is 5.97. The molecule has 4 aromatic rings. The zero-order chi connectivity index (χ0) is 22.1. The number of hydrogen-bond acceptors (Lipinski definition) is 4. The van der Waals surface area contributed by atoms with Crippen LogP contribution in [-0.4, -0.2) is 40.4 Å². The first-order valence-corrected chi connectivity index (χ1v) is 10.7. The topological polar surface area (TPSA) is 89.0 Å². The summed E-state index contributed by atoms with van der Waals surface area (Å²) in [5, 5.41) is 11.5. The second-order valence-electron chi connectivity index (χ2n) is 7.95. The predicted octanol–water partition coefficient (Wildman–Crippen LogP) is 3.47. The molecule has 32 heavy (non-hydrogen) atoms. The van der Waals surface area contributed by atoms with Gasteiger partial charge in [0.1, 0.15) is 0 Å². The normalized spacial score (nSPS) is 13.8. The molecule has 0 radical (unpaired) electrons. The molecule has 1 aliphatic heterocycles. The second-order valence-corrected chi connectivity index (χ2v) is 8.31. The molecule has 3 heterocycles. The Morgan fingerprint density at radius 3 is 2.84 bits per heavy atom. The van der Waals surface area contributed by atoms with E-state index in [0.29, 0.717) is 48.3 Å². The summed E-state index contributed by atoms with van der Waals surface area (Å²) in [6.45, 7) is 2.38. The van der Waals surface area contributed by atoms with Crippen molar-refractivity contribution in [2.24, 2.45) is 5.92 Å². The maximum Gasteiger partial charge on any atom is 0.258 e. The molecule has 1 amide bonds. The number of H-pyrrole nitrogens is 1. The van der Waals surface area contributed by atoms with E-state index in [4.69, 9.17) is 16.3 Å². The Bertz CT molecular complexity index is 1360. The Balaban J connectivity index is 1.37. The second kappa shape index (κ2) is 8.61. The van der Waals surface area contributed by atoms with Gasteiger partial charge in [0.2, 0.25) is 0 Å². The molecular formula is C24H21ClN4O3. The number of rotatable bonds is 6. The lowest BCUT2D eigenvalue weighted by molar-refractivity contribution is -0.0298. The molecule has 1 aliphatic rings. The minimum atomic E-state index is -0.116. The molecule has 0 unspecified atom stereocenters. The van der Waals surface area contributed by atoms with Gasteiger partial charge in [-0.15, -0.1) is 0 Å². The van der Waals surface area contributed by atoms with E-state index in [1.54, 1.807) is 29.1 Å². The summed E-state index contributed by atoms with van der Waals surface area (Å²) in [6.07, 6.45) is 3.50. The minimum Gasteiger partial charge on any atom is -0.381 e. The first kappa shape index (κ1) is 20.5. The number of hydrogen-bond donors (Lipinski definition) is 2. The first-order chi connectivity index (χ1) is 15.6. The Labute approximate surface area is 189 Å². The van der Waals surface area contributed by atoms with Crippen molar-refractivity contribution in [3.63, 3.8) is 0 Å². The lowest BCUT2D eigenvalue weighted by Crippen LogP contribution is -2.39. The van der Waals surface area contributed by atoms with E-state index in [2.05, 4.69) is 15.5 Å². The number of carbonyl (C=O) groups is 1. The third kappa shape index (κ3) is 4.04. The van der Waals surface area contributed by atoms with Crippen LogP contribution in [0, 0.1) is 5.92 Å². The highest BCUT2D eigenvalue weighted by molar-refractivity contribution is 6.32. The van der Waals surface area contributed by atoms with E-state index in [1.165, 1.54) is 0 Å². The molecule has 162 valence electrons. The number of amides is 1. The number of nitrogens with zero attached hydrogens (tertiary/aromatic N) is 2. The van der Waals surface area contributed by atoms with Crippen LogP contribution in [0.25, 0.3) is 21.9 Å². The van der Waals surface area contributed by atoms with Crippen LogP contribution in [0.15, 0.2) is 65.7 Å². The van der Waals surface area contributed by atoms with Gasteiger partial charge in [0.05, 0.1) is 19.8 Å². The van der Waals surface area contributed by atoms with Gasteiger partial charge in [0.15, 0.2) is 5.15 Å². The van der Waals surface area contributed by atoms with Gasteiger partial charge in [-0.05, 0) is 46.8 Å². The van der Waals surface area contributed by atoms with Crippen LogP contribution in [-0.2, 0) is 11.3 Å². The smallest absolute Gasteiger partial charge is 0.258 e. The SMILES string of the molecule is O=C(NCC1COC1)c1cccc(Cn2ccc3cc(-c4c[nH]nc4Cl)ccc3c2=O)c1. The Hall–Kier alpha value is -3.42. The number of pyridine rings is 1. The van der Waals surface area contributed by atoms with Crippen LogP contribution in [0.4, 0.5) is 0 Å². The van der Waals surface area contributed by atoms with Crippen molar-refractivity contribution in [3.8, 4) is 11.1 Å². The molecule has 0 atom stereocenters. The van der Waals surface area contributed by atoms with Crippen LogP contribution < -0.4 is 10.9 Å². The number of nitrogens with one attached hydrogen (secondary N) is 2. The number of aromatic amines is 1. The number of halogens is 1. The number of carbonyl (C=O) groups excluding carboxylic acids is 1. The molecule has 8 heteroatoms. The van der Waals surface area contributed by atoms with E-state index < -0.39 is 0 Å². The van der Waals surface area contributed by atoms with Gasteiger partial charge in [-0.2, -0.15) is 5.10 Å². The fraction of sp³-hybridized carbons (Fsp3) is 0.208. The van der Waals surface area contributed by atoms with Crippen molar-refractivity contribution in [2.45, 2.75) is 6.54 Å². The maximum atomic E-state index is 13.1. The molecule has 0 saturated carbocycles. The van der Waals surface area contributed by atoms with Crippen molar-refractivity contribution >= 4 is 28.3 Å². The van der Waals surface area contributed by atoms with Gasteiger partial charge in [0.25, 0.3) is 11.5 Å². The highest BCUT2D eigenvalue weighted by atomic mass is 35.5. The van der Waals surface area contributed by atoms with Gasteiger partial charge >= 0.3 is 0 Å². The molecule has 0 aliphatic carbocycles. The van der Waals surface area contributed by atoms with Crippen molar-refractivity contribution in [3.05, 3.63) is 87.6 Å². The standard InChI is InChI=1S/C24H21ClN4O3/c25-22-21(11-27-28-22)17-4-5-20-18(9-17)6-7-29(24(20)31)12-15-2-1-3-19(8-15)23(30)26-10-16-13-32-14-16/h1-9,11,16H,10,12-14H2,(H,26,30)(H,27,28). The number of benzene rings is 2. The largest absolute Gasteiger partial charge is 0.381 e. The van der Waals surface area contributed by atoms with Gasteiger partial charge in [-0.25, -0.2) is 0 Å². The molecule has 0 bridgehead atoms. The number of fused-ring (bicyclic) bond motifs is 1. The minimum absolute atomic E-state index is 0.0906. The summed E-state index contributed by atoms with van der Waals surface area (Å²) in [7, 11) is 0. The molecule has 2 aromatic heterocycles. The lowest BCUT2D eigenvalue weighted by Gasteiger charge is -2.25. The fourth-order valence-corrected chi connectivity index (χ4v) is 4.02. The van der Waals surface area contributed by atoms with Gasteiger partial charge < -0.3 is 14.6 Å². The molecular weight excluding hydrogens is 428 g/mol. The Morgan fingerprint density at radius 1 is 1.22 bits per heavy atom. The molecule has 1 fully saturated rings. The summed E-state index contributed by atoms with van der Waals surface area (Å²) < 4.78 is 6.79. The van der Waals surface area contributed by atoms with Crippen LogP contribution in [0.5, 0.6) is 0 Å². The quantitative estimate of drug-likeness (QED) is 0.472. The third-order valence-electron chi connectivity index (χ3n) is 5.68. The predicted molar refractivity (Wildman–Crippen MR) is 123 cm³/mol. The molecule has 2 N–H and O–H groups in total. The Morgan fingerprint density at radius 2 is 2.09 bits per heavy atom. The van der Waals surface area contributed by atoms with E-state index in [0.717, 1.165) is 22.1 Å². The number of aromatic nitrogens is 3. The van der Waals surface area contributed by atoms with Crippen molar-refractivity contribution in [1.82, 2.24) is 20.1 Å². The van der Waals surface area contributed by atoms with Crippen LogP contribution >= 0.6 is 11.6 Å². The van der Waals surface area contributed by atoms with E-state index in [-0.39, 0.29) is 11.5 Å². The summed E-state index contributed by atoms with van der Waals surface area (Å²) in [6, 6.07) is 14.9. The zero-order valence-corrected chi connectivity index (χ0v) is 17.9. The van der Waals surface area contributed by atoms with Crippen molar-refractivity contribution in [2.75, 3.05) is 19.8 Å². The van der Waals surface area contributed by atoms with Gasteiger partial charge in [0, 0.05) is 41.4 Å². The lowest BCUT2D eigenvalue weighted by atomic mass is 10.0. The monoisotopic (exact) mass is 448 g/mol. The summed E-state index contributed by atoms with van der Waals surface area (Å²) in [5.74, 6) is 0.276. The summed E-state index contributed by atoms with van der Waals surface area (Å²) >= 11 is 6.11. The highest BCUT2D eigenvalue weighted by Gasteiger charge is 2.19. The first-order valence-electron chi connectivity index (χ1n) is 10.4. The van der Waals surface area contributed by atoms with Gasteiger partial charge in [-0.3, -0.25) is 14.7 Å². The molecule has 0 spiro atoms. The van der Waals surface area contributed by atoms with E-state index >= 15 is 0 Å². The molecule has 7 nitrogen and oxygen atoms in total. The van der Waals surface area contributed by atoms with Crippen LogP contribution in [0.3, 0.4) is 0 Å². The van der Waals surface area contributed by atoms with E-state index in [9.17, 15) is 9.59 Å². The number of ether oxygens (including phenoxy) is 1. The summed E-state index contributed by atoms with van der Waals surface area (Å²) in [4.78, 5) is 25.5. The summed E-state index contributed by atoms with van der Waals surface area (Å²) in [5.41, 5.74) is 3.05. The molecule has 1 saturated heterocycles. The van der Waals surface area contributed by atoms with E-state index in [1.807, 2.05) is 36.4 Å². The zero-order valence-electron chi connectivity index (χ0n) is 17.2. The molecule has 5 rings (SSSR count). The van der Waals surface area contributed by atoms with Crippen molar-refractivity contribution < 1.29 is 9.53 Å². The van der Waals surface area contributed by atoms with Gasteiger partial charge in [-0.1, -0.05) is 29.8 Å². The fourth-order valence-electron chi connectivity index (χ4n) is 3.80. The van der Waals surface area contributed by atoms with Crippen LogP contribution in [0.2, 0.25) is 5.15 Å². The highest BCUT2D eigenvalue weighted by Crippen LogP contribution is 2.27. The average Bonchev–Trinajstić information content (AvgIpc) is 3.20. The maximum absolute atomic E-state index is 13.1. The molecule has 2 aromatic carbocycles.